The number of carbonyl (C=O) groups is 2. The second-order valence-corrected chi connectivity index (χ2v) is 10.7. The van der Waals surface area contributed by atoms with E-state index in [1.807, 2.05) is 30.6 Å². The van der Waals surface area contributed by atoms with Gasteiger partial charge in [0.25, 0.3) is 5.91 Å². The first-order chi connectivity index (χ1) is 20.4. The van der Waals surface area contributed by atoms with Crippen LogP contribution in [0.4, 0.5) is 0 Å². The summed E-state index contributed by atoms with van der Waals surface area (Å²) < 4.78 is 0. The molecule has 1 aromatic carbocycles. The van der Waals surface area contributed by atoms with Crippen molar-refractivity contribution in [2.75, 3.05) is 13.1 Å². The molecule has 5 heterocycles. The molecule has 5 aromatic rings. The van der Waals surface area contributed by atoms with Crippen molar-refractivity contribution in [2.24, 2.45) is 5.92 Å². The summed E-state index contributed by atoms with van der Waals surface area (Å²) in [5, 5.41) is 21.8. The summed E-state index contributed by atoms with van der Waals surface area (Å²) in [6, 6.07) is 9.19. The van der Waals surface area contributed by atoms with E-state index >= 15 is 0 Å². The third-order valence-electron chi connectivity index (χ3n) is 8.29. The molecular weight excluding hydrogens is 532 g/mol. The summed E-state index contributed by atoms with van der Waals surface area (Å²) in [5.74, 6) is -1.90. The van der Waals surface area contributed by atoms with Crippen LogP contribution in [0.3, 0.4) is 0 Å². The Morgan fingerprint density at radius 2 is 2.00 bits per heavy atom. The van der Waals surface area contributed by atoms with E-state index in [0.29, 0.717) is 11.5 Å². The number of aliphatic carboxylic acids is 1. The van der Waals surface area contributed by atoms with E-state index in [9.17, 15) is 14.7 Å². The number of carbonyl (C=O) groups excluding carboxylic acids is 1. The number of nitrogens with one attached hydrogen (secondary N) is 3. The topological polar surface area (TPSA) is 153 Å². The highest BCUT2D eigenvalue weighted by atomic mass is 16.4. The number of rotatable bonds is 8. The molecule has 11 nitrogen and oxygen atoms in total. The van der Waals surface area contributed by atoms with Gasteiger partial charge in [-0.3, -0.25) is 24.7 Å². The third-order valence-corrected chi connectivity index (χ3v) is 8.29. The Balaban J connectivity index is 1.29. The Hall–Kier alpha value is -4.90. The number of likely N-dealkylation sites (tertiary alicyclic amines) is 1. The van der Waals surface area contributed by atoms with E-state index in [-0.39, 0.29) is 24.1 Å². The molecule has 11 heteroatoms. The fourth-order valence-electron chi connectivity index (χ4n) is 5.94. The number of aromatic amines is 2. The lowest BCUT2D eigenvalue weighted by atomic mass is 9.86. The maximum atomic E-state index is 13.6. The van der Waals surface area contributed by atoms with Gasteiger partial charge in [0.15, 0.2) is 5.82 Å². The van der Waals surface area contributed by atoms with Crippen LogP contribution in [0.2, 0.25) is 0 Å². The van der Waals surface area contributed by atoms with Crippen molar-refractivity contribution < 1.29 is 14.7 Å². The molecule has 0 saturated carbocycles. The van der Waals surface area contributed by atoms with Gasteiger partial charge in [-0.15, -0.1) is 0 Å². The zero-order chi connectivity index (χ0) is 29.4. The minimum Gasteiger partial charge on any atom is -0.481 e. The number of amides is 1. The second kappa shape index (κ2) is 11.2. The Kier molecular flexibility index (Phi) is 7.26. The third kappa shape index (κ3) is 4.81. The van der Waals surface area contributed by atoms with Crippen molar-refractivity contribution in [3.05, 3.63) is 83.7 Å². The molecule has 42 heavy (non-hydrogen) atoms. The number of nitrogens with zero attached hydrogens (tertiary/aromatic N) is 5. The Labute approximate surface area is 242 Å². The van der Waals surface area contributed by atoms with E-state index < -0.39 is 17.9 Å². The zero-order valence-electron chi connectivity index (χ0n) is 23.6. The first kappa shape index (κ1) is 27.3. The van der Waals surface area contributed by atoms with Gasteiger partial charge in [0.05, 0.1) is 17.6 Å². The number of H-pyrrole nitrogens is 2. The molecular formula is C31H32N8O3. The normalized spacial score (nSPS) is 18.5. The molecule has 1 amide bonds. The lowest BCUT2D eigenvalue weighted by Gasteiger charge is -2.22. The molecule has 0 spiro atoms. The quantitative estimate of drug-likeness (QED) is 0.219. The van der Waals surface area contributed by atoms with Crippen LogP contribution in [0.25, 0.3) is 33.5 Å². The lowest BCUT2D eigenvalue weighted by molar-refractivity contribution is -0.142. The number of carboxylic acid groups (broad SMARTS) is 1. The molecule has 1 aliphatic heterocycles. The van der Waals surface area contributed by atoms with Crippen LogP contribution in [0.15, 0.2) is 61.3 Å². The largest absolute Gasteiger partial charge is 0.481 e. The van der Waals surface area contributed by atoms with E-state index in [2.05, 4.69) is 55.4 Å². The Morgan fingerprint density at radius 3 is 2.76 bits per heavy atom. The van der Waals surface area contributed by atoms with Crippen LogP contribution in [0.1, 0.15) is 46.9 Å². The van der Waals surface area contributed by atoms with E-state index in [1.54, 1.807) is 30.3 Å². The van der Waals surface area contributed by atoms with Crippen LogP contribution >= 0.6 is 0 Å². The molecule has 4 N–H and O–H groups in total. The fraction of sp³-hybridized carbons (Fsp3) is 0.290. The van der Waals surface area contributed by atoms with Gasteiger partial charge >= 0.3 is 5.97 Å². The molecule has 3 atom stereocenters. The predicted molar refractivity (Wildman–Crippen MR) is 158 cm³/mol. The van der Waals surface area contributed by atoms with Gasteiger partial charge in [0.1, 0.15) is 11.4 Å². The number of imidazole rings is 1. The van der Waals surface area contributed by atoms with Gasteiger partial charge in [0.2, 0.25) is 0 Å². The molecule has 214 valence electrons. The Morgan fingerprint density at radius 1 is 1.14 bits per heavy atom. The number of fused-ring (bicyclic) bond motifs is 1. The van der Waals surface area contributed by atoms with Gasteiger partial charge < -0.3 is 20.3 Å². The van der Waals surface area contributed by atoms with E-state index in [1.165, 1.54) is 6.20 Å². The van der Waals surface area contributed by atoms with Crippen molar-refractivity contribution >= 4 is 22.8 Å². The van der Waals surface area contributed by atoms with Crippen molar-refractivity contribution in [3.63, 3.8) is 0 Å². The van der Waals surface area contributed by atoms with Crippen LogP contribution in [0, 0.1) is 12.8 Å². The molecule has 6 rings (SSSR count). The number of pyridine rings is 2. The highest BCUT2D eigenvalue weighted by Gasteiger charge is 2.46. The smallest absolute Gasteiger partial charge is 0.309 e. The first-order valence-electron chi connectivity index (χ1n) is 14.0. The molecule has 1 saturated heterocycles. The van der Waals surface area contributed by atoms with Crippen molar-refractivity contribution in [3.8, 4) is 22.6 Å². The fourth-order valence-corrected chi connectivity index (χ4v) is 5.94. The minimum absolute atomic E-state index is 0.270. The highest BCUT2D eigenvalue weighted by molar-refractivity contribution is 5.97. The molecule has 0 radical (unpaired) electrons. The summed E-state index contributed by atoms with van der Waals surface area (Å²) in [4.78, 5) is 43.7. The standard InChI is InChI=1S/C31H32N8O3/c1-4-32-12-21-13-34-14-23(17(21)2)19-7-8-25-22(10-19)28(38-37-25)29-35-15-26(36-29)30(40)39-16-24(20-6-5-9-33-11-20)27(18(39)3)31(41)42/h5-11,13-15,18,24,27,32H,4,12,16H2,1-3H3,(H,35,36)(H,37,38)(H,41,42)/t18?,24-,27+/m1/s1. The van der Waals surface area contributed by atoms with Crippen LogP contribution in [-0.4, -0.2) is 71.1 Å². The summed E-state index contributed by atoms with van der Waals surface area (Å²) >= 11 is 0. The summed E-state index contributed by atoms with van der Waals surface area (Å²) in [7, 11) is 0. The average molecular weight is 565 g/mol. The molecule has 1 unspecified atom stereocenters. The molecule has 1 aliphatic rings. The number of hydrogen-bond donors (Lipinski definition) is 4. The van der Waals surface area contributed by atoms with Crippen LogP contribution in [0.5, 0.6) is 0 Å². The maximum Gasteiger partial charge on any atom is 0.309 e. The summed E-state index contributed by atoms with van der Waals surface area (Å²) in [6.07, 6.45) is 8.57. The highest BCUT2D eigenvalue weighted by Crippen LogP contribution is 2.38. The first-order valence-corrected chi connectivity index (χ1v) is 14.0. The minimum atomic E-state index is -0.937. The summed E-state index contributed by atoms with van der Waals surface area (Å²) in [6.45, 7) is 7.85. The number of carboxylic acids is 1. The predicted octanol–water partition coefficient (Wildman–Crippen LogP) is 4.16. The lowest BCUT2D eigenvalue weighted by Crippen LogP contribution is -2.37. The van der Waals surface area contributed by atoms with E-state index in [0.717, 1.165) is 51.8 Å². The van der Waals surface area contributed by atoms with Crippen molar-refractivity contribution in [1.82, 2.24) is 40.3 Å². The number of aromatic nitrogens is 6. The van der Waals surface area contributed by atoms with Gasteiger partial charge in [-0.05, 0) is 60.8 Å². The maximum absolute atomic E-state index is 13.6. The number of hydrogen-bond acceptors (Lipinski definition) is 7. The number of benzene rings is 1. The van der Waals surface area contributed by atoms with Crippen LogP contribution in [-0.2, 0) is 11.3 Å². The van der Waals surface area contributed by atoms with Gasteiger partial charge in [-0.1, -0.05) is 19.1 Å². The van der Waals surface area contributed by atoms with Gasteiger partial charge in [-0.2, -0.15) is 5.10 Å². The molecule has 0 aliphatic carbocycles. The van der Waals surface area contributed by atoms with Crippen molar-refractivity contribution in [2.45, 2.75) is 39.3 Å². The molecule has 1 fully saturated rings. The van der Waals surface area contributed by atoms with E-state index in [4.69, 9.17) is 0 Å². The Bertz CT molecular complexity index is 1760. The average Bonchev–Trinajstić information content (AvgIpc) is 3.73. The molecule has 4 aromatic heterocycles. The summed E-state index contributed by atoms with van der Waals surface area (Å²) in [5.41, 5.74) is 6.84. The van der Waals surface area contributed by atoms with Gasteiger partial charge in [0, 0.05) is 60.8 Å². The zero-order valence-corrected chi connectivity index (χ0v) is 23.6. The van der Waals surface area contributed by atoms with Gasteiger partial charge in [-0.25, -0.2) is 4.98 Å². The van der Waals surface area contributed by atoms with Crippen LogP contribution < -0.4 is 5.32 Å². The van der Waals surface area contributed by atoms with Crippen molar-refractivity contribution in [1.29, 1.82) is 0 Å². The monoisotopic (exact) mass is 564 g/mol. The second-order valence-electron chi connectivity index (χ2n) is 10.7. The SMILES string of the molecule is CCNCc1cncc(-c2ccc3[nH]nc(-c4ncc(C(=O)N5C[C@H](c6cccnc6)[C@@H](C(=O)O)C5C)[nH]4)c3c2)c1C. The molecule has 0 bridgehead atoms.